The Balaban J connectivity index is 1.84. The number of hydrazine groups is 1. The van der Waals surface area contributed by atoms with Gasteiger partial charge in [0.15, 0.2) is 0 Å². The first-order chi connectivity index (χ1) is 14.2. The molecule has 29 heavy (non-hydrogen) atoms. The van der Waals surface area contributed by atoms with E-state index in [0.29, 0.717) is 30.4 Å². The molecule has 0 fully saturated rings. The van der Waals surface area contributed by atoms with Gasteiger partial charge in [0.1, 0.15) is 19.0 Å². The van der Waals surface area contributed by atoms with Crippen molar-refractivity contribution in [2.75, 3.05) is 19.8 Å². The predicted molar refractivity (Wildman–Crippen MR) is 110 cm³/mol. The topological polar surface area (TPSA) is 99.4 Å². The van der Waals surface area contributed by atoms with Crippen molar-refractivity contribution in [1.29, 1.82) is 0 Å². The third kappa shape index (κ3) is 5.39. The molecule has 3 N–H and O–H groups in total. The molecule has 0 saturated carbocycles. The number of aromatic nitrogens is 2. The van der Waals surface area contributed by atoms with E-state index in [2.05, 4.69) is 21.3 Å². The molecule has 3 rings (SSSR count). The van der Waals surface area contributed by atoms with Crippen molar-refractivity contribution in [3.05, 3.63) is 66.5 Å². The Kier molecular flexibility index (Phi) is 6.90. The number of hydrogen-bond acceptors (Lipinski definition) is 6. The Morgan fingerprint density at radius 1 is 1.00 bits per heavy atom. The van der Waals surface area contributed by atoms with Crippen LogP contribution in [0, 0.1) is 12.3 Å². The lowest BCUT2D eigenvalue weighted by molar-refractivity contribution is 0.0943. The summed E-state index contributed by atoms with van der Waals surface area (Å²) in [4.78, 5) is 20.7. The van der Waals surface area contributed by atoms with Crippen LogP contribution in [-0.4, -0.2) is 35.7 Å². The second-order valence-electron chi connectivity index (χ2n) is 5.93. The molecule has 0 saturated heterocycles. The van der Waals surface area contributed by atoms with Gasteiger partial charge in [0.2, 0.25) is 5.82 Å². The molecule has 0 aliphatic heterocycles. The lowest BCUT2D eigenvalue weighted by Crippen LogP contribution is -2.31. The fourth-order valence-electron chi connectivity index (χ4n) is 2.59. The summed E-state index contributed by atoms with van der Waals surface area (Å²) >= 11 is 0. The third-order valence-electron chi connectivity index (χ3n) is 3.96. The van der Waals surface area contributed by atoms with Crippen molar-refractivity contribution in [2.24, 2.45) is 5.84 Å². The van der Waals surface area contributed by atoms with E-state index in [1.807, 2.05) is 60.7 Å². The number of benzene rings is 2. The molecule has 0 atom stereocenters. The van der Waals surface area contributed by atoms with Crippen LogP contribution in [0.1, 0.15) is 10.6 Å². The molecular weight excluding hydrogens is 368 g/mol. The molecule has 0 aliphatic rings. The van der Waals surface area contributed by atoms with Crippen molar-refractivity contribution in [3.63, 3.8) is 0 Å². The first-order valence-electron chi connectivity index (χ1n) is 8.91. The summed E-state index contributed by atoms with van der Waals surface area (Å²) in [6.07, 6.45) is 5.12. The average Bonchev–Trinajstić information content (AvgIpc) is 2.79. The van der Waals surface area contributed by atoms with Gasteiger partial charge in [0, 0.05) is 11.1 Å². The first-order valence-corrected chi connectivity index (χ1v) is 8.91. The molecule has 7 heteroatoms. The number of terminal acetylenes is 1. The highest BCUT2D eigenvalue weighted by Gasteiger charge is 2.13. The summed E-state index contributed by atoms with van der Waals surface area (Å²) < 4.78 is 10.8. The zero-order chi connectivity index (χ0) is 20.5. The van der Waals surface area contributed by atoms with Gasteiger partial charge in [0.05, 0.1) is 18.0 Å². The Bertz CT molecular complexity index is 999. The largest absolute Gasteiger partial charge is 0.491 e. The van der Waals surface area contributed by atoms with Crippen molar-refractivity contribution < 1.29 is 14.3 Å². The van der Waals surface area contributed by atoms with E-state index in [9.17, 15) is 4.79 Å². The van der Waals surface area contributed by atoms with E-state index < -0.39 is 5.91 Å². The predicted octanol–water partition coefficient (Wildman–Crippen LogP) is 2.44. The van der Waals surface area contributed by atoms with Crippen LogP contribution in [0.25, 0.3) is 22.5 Å². The standard InChI is InChI=1S/C22H20N4O3/c1-2-12-28-13-14-29-18-10-8-17(9-11-18)20-15-19(16-6-4-3-5-7-16)24-21(25-20)22(27)26-23/h1,3-11,15H,12-14,23H2,(H,26,27). The summed E-state index contributed by atoms with van der Waals surface area (Å²) in [5.74, 6) is 7.79. The Morgan fingerprint density at radius 2 is 1.66 bits per heavy atom. The summed E-state index contributed by atoms with van der Waals surface area (Å²) in [7, 11) is 0. The number of rotatable bonds is 8. The van der Waals surface area contributed by atoms with Crippen LogP contribution in [-0.2, 0) is 4.74 Å². The average molecular weight is 388 g/mol. The number of amides is 1. The van der Waals surface area contributed by atoms with Gasteiger partial charge in [-0.15, -0.1) is 6.42 Å². The Morgan fingerprint density at radius 3 is 2.28 bits per heavy atom. The van der Waals surface area contributed by atoms with Crippen molar-refractivity contribution in [2.45, 2.75) is 0 Å². The van der Waals surface area contributed by atoms with Crippen LogP contribution >= 0.6 is 0 Å². The molecular formula is C22H20N4O3. The lowest BCUT2D eigenvalue weighted by atomic mass is 10.1. The number of carbonyl (C=O) groups excluding carboxylic acids is 1. The Hall–Kier alpha value is -3.73. The lowest BCUT2D eigenvalue weighted by Gasteiger charge is -2.09. The molecule has 1 heterocycles. The van der Waals surface area contributed by atoms with Crippen LogP contribution < -0.4 is 16.0 Å². The molecule has 0 aliphatic carbocycles. The second kappa shape index (κ2) is 9.99. The molecule has 0 radical (unpaired) electrons. The van der Waals surface area contributed by atoms with Crippen LogP contribution in [0.15, 0.2) is 60.7 Å². The van der Waals surface area contributed by atoms with Crippen LogP contribution in [0.4, 0.5) is 0 Å². The minimum atomic E-state index is -0.559. The number of hydrogen-bond donors (Lipinski definition) is 2. The number of carbonyl (C=O) groups is 1. The van der Waals surface area contributed by atoms with Gasteiger partial charge in [-0.05, 0) is 30.3 Å². The summed E-state index contributed by atoms with van der Waals surface area (Å²) in [5.41, 5.74) is 4.98. The summed E-state index contributed by atoms with van der Waals surface area (Å²) in [6.45, 7) is 1.07. The number of nitrogens with zero attached hydrogens (tertiary/aromatic N) is 2. The van der Waals surface area contributed by atoms with E-state index >= 15 is 0 Å². The highest BCUT2D eigenvalue weighted by molar-refractivity contribution is 5.91. The Labute approximate surface area is 168 Å². The van der Waals surface area contributed by atoms with Crippen molar-refractivity contribution in [1.82, 2.24) is 15.4 Å². The summed E-state index contributed by atoms with van der Waals surface area (Å²) in [5, 5.41) is 0. The normalized spacial score (nSPS) is 10.2. The molecule has 0 spiro atoms. The van der Waals surface area contributed by atoms with E-state index in [1.54, 1.807) is 0 Å². The van der Waals surface area contributed by atoms with Crippen LogP contribution in [0.2, 0.25) is 0 Å². The van der Waals surface area contributed by atoms with Gasteiger partial charge < -0.3 is 9.47 Å². The maximum atomic E-state index is 12.0. The van der Waals surface area contributed by atoms with Gasteiger partial charge in [-0.25, -0.2) is 15.8 Å². The molecule has 0 unspecified atom stereocenters. The quantitative estimate of drug-likeness (QED) is 0.202. The van der Waals surface area contributed by atoms with Crippen molar-refractivity contribution >= 4 is 5.91 Å². The minimum absolute atomic E-state index is 0.00478. The molecule has 7 nitrogen and oxygen atoms in total. The van der Waals surface area contributed by atoms with Gasteiger partial charge in [0.25, 0.3) is 0 Å². The van der Waals surface area contributed by atoms with Crippen LogP contribution in [0.3, 0.4) is 0 Å². The van der Waals surface area contributed by atoms with Gasteiger partial charge in [-0.2, -0.15) is 0 Å². The zero-order valence-corrected chi connectivity index (χ0v) is 15.7. The van der Waals surface area contributed by atoms with E-state index in [0.717, 1.165) is 11.1 Å². The fourth-order valence-corrected chi connectivity index (χ4v) is 2.59. The SMILES string of the molecule is C#CCOCCOc1ccc(-c2cc(-c3ccccc3)nc(C(=O)NN)n2)cc1. The van der Waals surface area contributed by atoms with Gasteiger partial charge in [-0.1, -0.05) is 36.3 Å². The van der Waals surface area contributed by atoms with Gasteiger partial charge in [-0.3, -0.25) is 10.2 Å². The van der Waals surface area contributed by atoms with Crippen molar-refractivity contribution in [3.8, 4) is 40.6 Å². The molecule has 1 amide bonds. The number of ether oxygens (including phenoxy) is 2. The smallest absolute Gasteiger partial charge is 0.302 e. The number of nitrogens with two attached hydrogens (primary N) is 1. The molecule has 1 aromatic heterocycles. The minimum Gasteiger partial charge on any atom is -0.491 e. The molecule has 0 bridgehead atoms. The van der Waals surface area contributed by atoms with Gasteiger partial charge >= 0.3 is 5.91 Å². The van der Waals surface area contributed by atoms with E-state index in [1.165, 1.54) is 0 Å². The van der Waals surface area contributed by atoms with E-state index in [-0.39, 0.29) is 12.4 Å². The zero-order valence-electron chi connectivity index (χ0n) is 15.7. The number of nitrogens with one attached hydrogen (secondary N) is 1. The first kappa shape index (κ1) is 20.0. The molecule has 146 valence electrons. The highest BCUT2D eigenvalue weighted by atomic mass is 16.5. The van der Waals surface area contributed by atoms with Crippen LogP contribution in [0.5, 0.6) is 5.75 Å². The highest BCUT2D eigenvalue weighted by Crippen LogP contribution is 2.25. The molecule has 2 aromatic carbocycles. The third-order valence-corrected chi connectivity index (χ3v) is 3.96. The maximum absolute atomic E-state index is 12.0. The fraction of sp³-hybridized carbons (Fsp3) is 0.136. The summed E-state index contributed by atoms with van der Waals surface area (Å²) in [6, 6.07) is 18.7. The number of nitrogen functional groups attached to an aromatic ring is 1. The maximum Gasteiger partial charge on any atom is 0.302 e. The van der Waals surface area contributed by atoms with E-state index in [4.69, 9.17) is 21.7 Å². The molecule has 3 aromatic rings. The monoisotopic (exact) mass is 388 g/mol. The second-order valence-corrected chi connectivity index (χ2v) is 5.93.